The number of hydrogen-bond donors (Lipinski definition) is 1. The van der Waals surface area contributed by atoms with Crippen LogP contribution in [0.3, 0.4) is 0 Å². The van der Waals surface area contributed by atoms with Gasteiger partial charge in [-0.05, 0) is 49.1 Å². The first kappa shape index (κ1) is 12.9. The molecule has 0 atom stereocenters. The Morgan fingerprint density at radius 1 is 1.26 bits per heavy atom. The summed E-state index contributed by atoms with van der Waals surface area (Å²) in [7, 11) is 0. The molecular formula is C16H24N2O. The highest BCUT2D eigenvalue weighted by atomic mass is 16.3. The zero-order chi connectivity index (χ0) is 13.5. The minimum absolute atomic E-state index is 0.381. The maximum Gasteiger partial charge on any atom is 0.128 e. The van der Waals surface area contributed by atoms with E-state index in [2.05, 4.69) is 35.9 Å². The van der Waals surface area contributed by atoms with Gasteiger partial charge in [0.25, 0.3) is 0 Å². The molecule has 1 aromatic rings. The van der Waals surface area contributed by atoms with Crippen LogP contribution in [0.4, 0.5) is 5.82 Å². The number of piperidine rings is 1. The van der Waals surface area contributed by atoms with Crippen molar-refractivity contribution in [3.8, 4) is 0 Å². The topological polar surface area (TPSA) is 36.4 Å². The molecule has 1 N–H and O–H groups in total. The van der Waals surface area contributed by atoms with Crippen LogP contribution < -0.4 is 4.90 Å². The van der Waals surface area contributed by atoms with Crippen LogP contribution in [0, 0.1) is 5.92 Å². The van der Waals surface area contributed by atoms with Crippen LogP contribution in [0.25, 0.3) is 0 Å². The molecule has 0 aromatic carbocycles. The minimum Gasteiger partial charge on any atom is -0.389 e. The Labute approximate surface area is 115 Å². The third-order valence-corrected chi connectivity index (χ3v) is 4.73. The van der Waals surface area contributed by atoms with Crippen LogP contribution in [0.5, 0.6) is 0 Å². The smallest absolute Gasteiger partial charge is 0.128 e. The molecule has 0 unspecified atom stereocenters. The summed E-state index contributed by atoms with van der Waals surface area (Å²) in [4.78, 5) is 6.88. The van der Waals surface area contributed by atoms with Gasteiger partial charge < -0.3 is 10.0 Å². The molecular weight excluding hydrogens is 236 g/mol. The van der Waals surface area contributed by atoms with E-state index in [0.29, 0.717) is 11.8 Å². The molecule has 1 aliphatic heterocycles. The lowest BCUT2D eigenvalue weighted by Crippen LogP contribution is -2.46. The molecule has 3 heteroatoms. The zero-order valence-electron chi connectivity index (χ0n) is 12.0. The molecule has 1 saturated carbocycles. The quantitative estimate of drug-likeness (QED) is 0.907. The first-order valence-corrected chi connectivity index (χ1v) is 7.52. The van der Waals surface area contributed by atoms with E-state index in [0.717, 1.165) is 31.7 Å². The summed E-state index contributed by atoms with van der Waals surface area (Å²) >= 11 is 0. The summed E-state index contributed by atoms with van der Waals surface area (Å²) in [6, 6.07) is 4.30. The van der Waals surface area contributed by atoms with Crippen molar-refractivity contribution >= 4 is 5.82 Å². The fourth-order valence-corrected chi connectivity index (χ4v) is 3.08. The average Bonchev–Trinajstić information content (AvgIpc) is 3.24. The highest BCUT2D eigenvalue weighted by Crippen LogP contribution is 2.45. The number of anilines is 1. The molecule has 0 bridgehead atoms. The standard InChI is InChI=1S/C16H24N2O/c1-12(2)13-3-6-15(17-11-13)18-9-7-16(19,8-10-18)14-4-5-14/h3,6,11-12,14,19H,4-5,7-10H2,1-2H3. The number of nitrogens with zero attached hydrogens (tertiary/aromatic N) is 2. The van der Waals surface area contributed by atoms with E-state index in [1.54, 1.807) is 0 Å². The first-order valence-electron chi connectivity index (χ1n) is 7.52. The number of rotatable bonds is 3. The van der Waals surface area contributed by atoms with Gasteiger partial charge in [0, 0.05) is 19.3 Å². The summed E-state index contributed by atoms with van der Waals surface area (Å²) < 4.78 is 0. The Morgan fingerprint density at radius 2 is 1.95 bits per heavy atom. The third kappa shape index (κ3) is 2.62. The molecule has 0 spiro atoms. The van der Waals surface area contributed by atoms with Crippen LogP contribution in [0.1, 0.15) is 51.0 Å². The van der Waals surface area contributed by atoms with Crippen molar-refractivity contribution in [3.05, 3.63) is 23.9 Å². The zero-order valence-corrected chi connectivity index (χ0v) is 12.0. The number of aromatic nitrogens is 1. The normalized spacial score (nSPS) is 22.8. The van der Waals surface area contributed by atoms with E-state index < -0.39 is 0 Å². The minimum atomic E-state index is -0.381. The van der Waals surface area contributed by atoms with Crippen molar-refractivity contribution in [2.24, 2.45) is 5.92 Å². The number of pyridine rings is 1. The summed E-state index contributed by atoms with van der Waals surface area (Å²) in [5.74, 6) is 2.16. The summed E-state index contributed by atoms with van der Waals surface area (Å²) in [5.41, 5.74) is 0.907. The predicted molar refractivity (Wildman–Crippen MR) is 77.4 cm³/mol. The van der Waals surface area contributed by atoms with Crippen LogP contribution in [-0.4, -0.2) is 28.8 Å². The molecule has 2 heterocycles. The molecule has 3 rings (SSSR count). The Balaban J connectivity index is 1.64. The van der Waals surface area contributed by atoms with Gasteiger partial charge in [-0.1, -0.05) is 19.9 Å². The molecule has 1 aliphatic carbocycles. The lowest BCUT2D eigenvalue weighted by molar-refractivity contribution is -0.00541. The summed E-state index contributed by atoms with van der Waals surface area (Å²) in [6.07, 6.45) is 6.22. The second kappa shape index (κ2) is 4.78. The molecule has 3 nitrogen and oxygen atoms in total. The maximum absolute atomic E-state index is 10.5. The summed E-state index contributed by atoms with van der Waals surface area (Å²) in [6.45, 7) is 6.24. The van der Waals surface area contributed by atoms with Gasteiger partial charge >= 0.3 is 0 Å². The van der Waals surface area contributed by atoms with E-state index in [-0.39, 0.29) is 5.60 Å². The number of aliphatic hydroxyl groups is 1. The Bertz CT molecular complexity index is 429. The van der Waals surface area contributed by atoms with Gasteiger partial charge in [-0.25, -0.2) is 4.98 Å². The van der Waals surface area contributed by atoms with Crippen LogP contribution in [0.2, 0.25) is 0 Å². The SMILES string of the molecule is CC(C)c1ccc(N2CCC(O)(C3CC3)CC2)nc1. The lowest BCUT2D eigenvalue weighted by atomic mass is 9.87. The summed E-state index contributed by atoms with van der Waals surface area (Å²) in [5, 5.41) is 10.5. The maximum atomic E-state index is 10.5. The van der Waals surface area contributed by atoms with E-state index in [9.17, 15) is 5.11 Å². The molecule has 1 saturated heterocycles. The van der Waals surface area contributed by atoms with Crippen molar-refractivity contribution in [2.75, 3.05) is 18.0 Å². The van der Waals surface area contributed by atoms with Crippen molar-refractivity contribution in [1.82, 2.24) is 4.98 Å². The highest BCUT2D eigenvalue weighted by molar-refractivity contribution is 5.40. The van der Waals surface area contributed by atoms with Gasteiger partial charge in [0.2, 0.25) is 0 Å². The van der Waals surface area contributed by atoms with E-state index in [1.807, 2.05) is 6.20 Å². The van der Waals surface area contributed by atoms with Crippen molar-refractivity contribution in [3.63, 3.8) is 0 Å². The van der Waals surface area contributed by atoms with Crippen molar-refractivity contribution < 1.29 is 5.11 Å². The van der Waals surface area contributed by atoms with Crippen molar-refractivity contribution in [1.29, 1.82) is 0 Å². The second-order valence-electron chi connectivity index (χ2n) is 6.47. The molecule has 0 radical (unpaired) electrons. The molecule has 2 fully saturated rings. The fraction of sp³-hybridized carbons (Fsp3) is 0.688. The molecule has 0 amide bonds. The van der Waals surface area contributed by atoms with Crippen molar-refractivity contribution in [2.45, 2.75) is 51.0 Å². The third-order valence-electron chi connectivity index (χ3n) is 4.73. The fourth-order valence-electron chi connectivity index (χ4n) is 3.08. The largest absolute Gasteiger partial charge is 0.389 e. The van der Waals surface area contributed by atoms with Gasteiger partial charge in [-0.3, -0.25) is 0 Å². The van der Waals surface area contributed by atoms with Crippen LogP contribution in [0.15, 0.2) is 18.3 Å². The molecule has 104 valence electrons. The van der Waals surface area contributed by atoms with E-state index in [1.165, 1.54) is 18.4 Å². The Kier molecular flexibility index (Phi) is 3.25. The Morgan fingerprint density at radius 3 is 2.42 bits per heavy atom. The Hall–Kier alpha value is -1.09. The van der Waals surface area contributed by atoms with Crippen LogP contribution in [-0.2, 0) is 0 Å². The second-order valence-corrected chi connectivity index (χ2v) is 6.47. The van der Waals surface area contributed by atoms with Gasteiger partial charge in [0.05, 0.1) is 5.60 Å². The first-order chi connectivity index (χ1) is 9.08. The van der Waals surface area contributed by atoms with Gasteiger partial charge in [-0.2, -0.15) is 0 Å². The monoisotopic (exact) mass is 260 g/mol. The van der Waals surface area contributed by atoms with E-state index >= 15 is 0 Å². The van der Waals surface area contributed by atoms with E-state index in [4.69, 9.17) is 0 Å². The number of hydrogen-bond acceptors (Lipinski definition) is 3. The molecule has 19 heavy (non-hydrogen) atoms. The van der Waals surface area contributed by atoms with Gasteiger partial charge in [0.1, 0.15) is 5.82 Å². The molecule has 1 aromatic heterocycles. The lowest BCUT2D eigenvalue weighted by Gasteiger charge is -2.39. The molecule has 2 aliphatic rings. The highest BCUT2D eigenvalue weighted by Gasteiger charge is 2.45. The predicted octanol–water partition coefficient (Wildman–Crippen LogP) is 2.95. The van der Waals surface area contributed by atoms with Crippen LogP contribution >= 0.6 is 0 Å². The average molecular weight is 260 g/mol. The van der Waals surface area contributed by atoms with Gasteiger partial charge in [-0.15, -0.1) is 0 Å². The van der Waals surface area contributed by atoms with Gasteiger partial charge in [0.15, 0.2) is 0 Å².